The van der Waals surface area contributed by atoms with Crippen LogP contribution in [0.25, 0.3) is 0 Å². The van der Waals surface area contributed by atoms with Crippen molar-refractivity contribution in [3.63, 3.8) is 0 Å². The Labute approximate surface area is 167 Å². The van der Waals surface area contributed by atoms with Gasteiger partial charge >= 0.3 is 0 Å². The molecule has 0 unspecified atom stereocenters. The number of hydrogen-bond donors (Lipinski definition) is 1. The van der Waals surface area contributed by atoms with E-state index in [1.807, 2.05) is 42.5 Å². The van der Waals surface area contributed by atoms with Gasteiger partial charge in [-0.25, -0.2) is 0 Å². The van der Waals surface area contributed by atoms with Gasteiger partial charge in [-0.15, -0.1) is 0 Å². The van der Waals surface area contributed by atoms with Gasteiger partial charge in [-0.1, -0.05) is 72.8 Å². The van der Waals surface area contributed by atoms with Crippen LogP contribution in [-0.4, -0.2) is 5.11 Å². The third-order valence-electron chi connectivity index (χ3n) is 4.87. The lowest BCUT2D eigenvalue weighted by atomic mass is 10.2. The minimum Gasteiger partial charge on any atom is -0.507 e. The topological polar surface area (TPSA) is 20.2 Å². The summed E-state index contributed by atoms with van der Waals surface area (Å²) in [5, 5.41) is 14.4. The summed E-state index contributed by atoms with van der Waals surface area (Å²) < 4.78 is 0. The van der Waals surface area contributed by atoms with Crippen molar-refractivity contribution < 1.29 is 5.11 Å². The molecule has 3 aromatic rings. The van der Waals surface area contributed by atoms with Gasteiger partial charge in [0.25, 0.3) is 0 Å². The van der Waals surface area contributed by atoms with E-state index in [1.54, 1.807) is 6.08 Å². The van der Waals surface area contributed by atoms with Crippen molar-refractivity contribution in [1.82, 2.24) is 0 Å². The van der Waals surface area contributed by atoms with Crippen molar-refractivity contribution in [1.29, 1.82) is 0 Å². The monoisotopic (exact) mass is 381 g/mol. The van der Waals surface area contributed by atoms with Crippen LogP contribution in [0.15, 0.2) is 139 Å². The lowest BCUT2D eigenvalue weighted by Crippen LogP contribution is -2.29. The summed E-state index contributed by atoms with van der Waals surface area (Å²) in [6, 6.07) is 31.9. The highest BCUT2D eigenvalue weighted by atomic mass is 31.2. The Morgan fingerprint density at radius 3 is 1.50 bits per heavy atom. The van der Waals surface area contributed by atoms with Crippen LogP contribution in [0.4, 0.5) is 0 Å². The normalized spacial score (nSPS) is 15.3. The number of benzene rings is 3. The van der Waals surface area contributed by atoms with Crippen molar-refractivity contribution >= 4 is 23.2 Å². The highest BCUT2D eigenvalue weighted by Crippen LogP contribution is 2.58. The summed E-state index contributed by atoms with van der Waals surface area (Å²) in [5.41, 5.74) is 0.842. The van der Waals surface area contributed by atoms with Gasteiger partial charge in [0.15, 0.2) is 0 Å². The van der Waals surface area contributed by atoms with E-state index in [4.69, 9.17) is 0 Å². The van der Waals surface area contributed by atoms with Crippen LogP contribution in [-0.2, 0) is 0 Å². The predicted octanol–water partition coefficient (Wildman–Crippen LogP) is 5.43. The molecule has 0 saturated carbocycles. The fourth-order valence-electron chi connectivity index (χ4n) is 3.53. The van der Waals surface area contributed by atoms with E-state index in [0.717, 1.165) is 5.57 Å². The lowest BCUT2D eigenvalue weighted by molar-refractivity contribution is 0.427. The summed E-state index contributed by atoms with van der Waals surface area (Å²) in [4.78, 5) is 0. The SMILES string of the molecule is OC1=CC=CC=C/C1=C/[P+](c1ccccc1)(c1ccccc1)c1ccccc1. The van der Waals surface area contributed by atoms with Crippen LogP contribution in [0.3, 0.4) is 0 Å². The number of hydrogen-bond acceptors (Lipinski definition) is 1. The van der Waals surface area contributed by atoms with E-state index in [9.17, 15) is 5.11 Å². The predicted molar refractivity (Wildman–Crippen MR) is 122 cm³/mol. The Hall–Kier alpha value is -3.15. The Morgan fingerprint density at radius 1 is 0.571 bits per heavy atom. The molecule has 0 aromatic heterocycles. The molecular formula is C26H22OP+. The maximum absolute atomic E-state index is 10.7. The maximum atomic E-state index is 10.7. The molecule has 4 rings (SSSR count). The Kier molecular flexibility index (Phi) is 5.37. The highest BCUT2D eigenvalue weighted by molar-refractivity contribution is 7.98. The van der Waals surface area contributed by atoms with E-state index < -0.39 is 7.26 Å². The zero-order chi connectivity index (χ0) is 19.2. The maximum Gasteiger partial charge on any atom is 0.137 e. The molecule has 1 N–H and O–H groups in total. The first-order valence-corrected chi connectivity index (χ1v) is 11.2. The molecule has 1 aliphatic rings. The van der Waals surface area contributed by atoms with E-state index in [-0.39, 0.29) is 5.76 Å². The minimum absolute atomic E-state index is 0.289. The van der Waals surface area contributed by atoms with Crippen LogP contribution in [0.1, 0.15) is 0 Å². The first-order chi connectivity index (χ1) is 13.8. The van der Waals surface area contributed by atoms with Crippen LogP contribution in [0.2, 0.25) is 0 Å². The molecular weight excluding hydrogens is 359 g/mol. The molecule has 28 heavy (non-hydrogen) atoms. The molecule has 0 radical (unpaired) electrons. The average molecular weight is 381 g/mol. The van der Waals surface area contributed by atoms with Crippen LogP contribution < -0.4 is 15.9 Å². The van der Waals surface area contributed by atoms with Gasteiger partial charge in [0, 0.05) is 0 Å². The molecule has 0 amide bonds. The van der Waals surface area contributed by atoms with E-state index in [1.165, 1.54) is 15.9 Å². The summed E-state index contributed by atoms with van der Waals surface area (Å²) in [6.07, 6.45) is 9.51. The molecule has 0 atom stereocenters. The van der Waals surface area contributed by atoms with Gasteiger partial charge in [0.2, 0.25) is 0 Å². The van der Waals surface area contributed by atoms with Gasteiger partial charge in [0.05, 0.1) is 11.4 Å². The van der Waals surface area contributed by atoms with Gasteiger partial charge in [-0.2, -0.15) is 0 Å². The molecule has 0 heterocycles. The third-order valence-corrected chi connectivity index (χ3v) is 8.87. The quantitative estimate of drug-likeness (QED) is 0.597. The molecule has 0 aliphatic heterocycles. The number of allylic oxidation sites excluding steroid dienone is 5. The second kappa shape index (κ2) is 8.25. The highest BCUT2D eigenvalue weighted by Gasteiger charge is 2.44. The number of aliphatic hydroxyl groups is 1. The van der Waals surface area contributed by atoms with E-state index in [0.29, 0.717) is 0 Å². The fraction of sp³-hybridized carbons (Fsp3) is 0. The van der Waals surface area contributed by atoms with E-state index in [2.05, 4.69) is 78.6 Å². The first kappa shape index (κ1) is 18.2. The first-order valence-electron chi connectivity index (χ1n) is 9.33. The van der Waals surface area contributed by atoms with Crippen molar-refractivity contribution in [2.24, 2.45) is 0 Å². The minimum atomic E-state index is -2.12. The summed E-state index contributed by atoms with van der Waals surface area (Å²) in [6.45, 7) is 0. The Balaban J connectivity index is 2.08. The molecule has 2 heteroatoms. The zero-order valence-electron chi connectivity index (χ0n) is 15.5. The van der Waals surface area contributed by atoms with Gasteiger partial charge < -0.3 is 5.11 Å². The molecule has 0 fully saturated rings. The second-order valence-corrected chi connectivity index (χ2v) is 9.86. The van der Waals surface area contributed by atoms with Crippen LogP contribution in [0.5, 0.6) is 0 Å². The standard InChI is InChI=1S/C26H21OP/c27-26-20-12-1-5-13-22(26)21-28(23-14-6-2-7-15-23,24-16-8-3-9-17-24)25-18-10-4-11-19-25/h1-21H/p+1/b22-21-. The van der Waals surface area contributed by atoms with Crippen molar-refractivity contribution in [2.75, 3.05) is 0 Å². The largest absolute Gasteiger partial charge is 0.507 e. The van der Waals surface area contributed by atoms with Crippen LogP contribution >= 0.6 is 7.26 Å². The van der Waals surface area contributed by atoms with Crippen molar-refractivity contribution in [3.05, 3.63) is 139 Å². The number of rotatable bonds is 4. The summed E-state index contributed by atoms with van der Waals surface area (Å²) >= 11 is 0. The van der Waals surface area contributed by atoms with Crippen LogP contribution in [0, 0.1) is 0 Å². The molecule has 3 aromatic carbocycles. The average Bonchev–Trinajstić information content (AvgIpc) is 2.98. The Morgan fingerprint density at radius 2 is 1.04 bits per heavy atom. The third kappa shape index (κ3) is 3.50. The van der Waals surface area contributed by atoms with Gasteiger partial charge in [0.1, 0.15) is 28.9 Å². The molecule has 136 valence electrons. The lowest BCUT2D eigenvalue weighted by Gasteiger charge is -2.25. The smallest absolute Gasteiger partial charge is 0.137 e. The molecule has 0 bridgehead atoms. The van der Waals surface area contributed by atoms with Gasteiger partial charge in [-0.3, -0.25) is 0 Å². The molecule has 0 spiro atoms. The molecule has 1 aliphatic carbocycles. The van der Waals surface area contributed by atoms with Crippen molar-refractivity contribution in [3.8, 4) is 0 Å². The molecule has 1 nitrogen and oxygen atoms in total. The second-order valence-electron chi connectivity index (χ2n) is 6.61. The summed E-state index contributed by atoms with van der Waals surface area (Å²) in [7, 11) is -2.12. The van der Waals surface area contributed by atoms with Gasteiger partial charge in [-0.05, 0) is 48.6 Å². The summed E-state index contributed by atoms with van der Waals surface area (Å²) in [5.74, 6) is 2.57. The fourth-order valence-corrected chi connectivity index (χ4v) is 7.43. The zero-order valence-corrected chi connectivity index (χ0v) is 16.4. The molecule has 0 saturated heterocycles. The van der Waals surface area contributed by atoms with Crippen molar-refractivity contribution in [2.45, 2.75) is 0 Å². The van der Waals surface area contributed by atoms with E-state index >= 15 is 0 Å². The number of aliphatic hydroxyl groups excluding tert-OH is 1. The Bertz CT molecular complexity index is 949.